The van der Waals surface area contributed by atoms with Crippen molar-refractivity contribution in [3.8, 4) is 0 Å². The van der Waals surface area contributed by atoms with Gasteiger partial charge < -0.3 is 5.32 Å². The summed E-state index contributed by atoms with van der Waals surface area (Å²) in [5, 5.41) is 2.93. The van der Waals surface area contributed by atoms with Gasteiger partial charge in [0.25, 0.3) is 0 Å². The molecule has 0 radical (unpaired) electrons. The fourth-order valence-electron chi connectivity index (χ4n) is 1.21. The number of hydrogen-bond acceptors (Lipinski definition) is 5. The molecule has 0 saturated heterocycles. The minimum absolute atomic E-state index is 0.293. The highest BCUT2D eigenvalue weighted by atomic mass is 19.1. The quantitative estimate of drug-likeness (QED) is 0.540. The van der Waals surface area contributed by atoms with E-state index in [1.807, 2.05) is 0 Å². The Morgan fingerprint density at radius 1 is 1.25 bits per heavy atom. The van der Waals surface area contributed by atoms with Gasteiger partial charge in [-0.1, -0.05) is 6.07 Å². The number of aromatic nitrogens is 2. The molecule has 0 saturated carbocycles. The van der Waals surface area contributed by atoms with Gasteiger partial charge in [0.05, 0.1) is 0 Å². The predicted octanol–water partition coefficient (Wildman–Crippen LogP) is 1.64. The zero-order valence-corrected chi connectivity index (χ0v) is 8.31. The molecular weight excluding hydrogens is 209 g/mol. The second-order valence-electron chi connectivity index (χ2n) is 3.05. The summed E-state index contributed by atoms with van der Waals surface area (Å²) >= 11 is 0. The van der Waals surface area contributed by atoms with Gasteiger partial charge in [0.2, 0.25) is 5.95 Å². The number of benzene rings is 1. The molecule has 5 nitrogen and oxygen atoms in total. The van der Waals surface area contributed by atoms with Crippen LogP contribution in [0.4, 0.5) is 21.8 Å². The van der Waals surface area contributed by atoms with Crippen LogP contribution in [0.1, 0.15) is 0 Å². The number of anilines is 3. The SMILES string of the molecule is NNc1nccc(Nc2cccc(F)c2)n1. The first-order chi connectivity index (χ1) is 7.78. The van der Waals surface area contributed by atoms with Crippen LogP contribution in [0.5, 0.6) is 0 Å². The number of nitrogens with zero attached hydrogens (tertiary/aromatic N) is 2. The molecule has 2 rings (SSSR count). The van der Waals surface area contributed by atoms with Gasteiger partial charge in [-0.3, -0.25) is 5.43 Å². The molecule has 82 valence electrons. The fourth-order valence-corrected chi connectivity index (χ4v) is 1.21. The van der Waals surface area contributed by atoms with Crippen LogP contribution in [0, 0.1) is 5.82 Å². The van der Waals surface area contributed by atoms with Crippen LogP contribution in [-0.2, 0) is 0 Å². The van der Waals surface area contributed by atoms with E-state index in [4.69, 9.17) is 5.84 Å². The Hall–Kier alpha value is -2.21. The Morgan fingerprint density at radius 2 is 2.12 bits per heavy atom. The average Bonchev–Trinajstić information content (AvgIpc) is 2.29. The van der Waals surface area contributed by atoms with Crippen molar-refractivity contribution in [2.75, 3.05) is 10.7 Å². The Balaban J connectivity index is 2.20. The summed E-state index contributed by atoms with van der Waals surface area (Å²) < 4.78 is 12.9. The van der Waals surface area contributed by atoms with Gasteiger partial charge in [0.15, 0.2) is 0 Å². The van der Waals surface area contributed by atoms with Crippen LogP contribution in [-0.4, -0.2) is 9.97 Å². The van der Waals surface area contributed by atoms with Crippen molar-refractivity contribution < 1.29 is 4.39 Å². The minimum atomic E-state index is -0.309. The summed E-state index contributed by atoms with van der Waals surface area (Å²) in [7, 11) is 0. The number of hydrazine groups is 1. The van der Waals surface area contributed by atoms with E-state index in [-0.39, 0.29) is 5.82 Å². The molecule has 1 aromatic carbocycles. The lowest BCUT2D eigenvalue weighted by molar-refractivity contribution is 0.628. The Bertz CT molecular complexity index is 488. The maximum Gasteiger partial charge on any atom is 0.239 e. The first kappa shape index (κ1) is 10.3. The molecule has 0 spiro atoms. The molecule has 4 N–H and O–H groups in total. The van der Waals surface area contributed by atoms with Crippen LogP contribution in [0.3, 0.4) is 0 Å². The van der Waals surface area contributed by atoms with Crippen molar-refractivity contribution >= 4 is 17.5 Å². The minimum Gasteiger partial charge on any atom is -0.340 e. The van der Waals surface area contributed by atoms with E-state index < -0.39 is 0 Å². The van der Waals surface area contributed by atoms with Crippen molar-refractivity contribution in [3.63, 3.8) is 0 Å². The lowest BCUT2D eigenvalue weighted by atomic mass is 10.3. The van der Waals surface area contributed by atoms with Gasteiger partial charge in [-0.25, -0.2) is 15.2 Å². The number of nitrogens with one attached hydrogen (secondary N) is 2. The largest absolute Gasteiger partial charge is 0.340 e. The zero-order valence-electron chi connectivity index (χ0n) is 8.31. The smallest absolute Gasteiger partial charge is 0.239 e. The Labute approximate surface area is 91.5 Å². The monoisotopic (exact) mass is 219 g/mol. The molecule has 0 bridgehead atoms. The van der Waals surface area contributed by atoms with Crippen molar-refractivity contribution in [1.29, 1.82) is 0 Å². The number of hydrogen-bond donors (Lipinski definition) is 3. The van der Waals surface area contributed by atoms with Crippen LogP contribution < -0.4 is 16.6 Å². The van der Waals surface area contributed by atoms with Crippen LogP contribution in [0.25, 0.3) is 0 Å². The van der Waals surface area contributed by atoms with E-state index >= 15 is 0 Å². The Morgan fingerprint density at radius 3 is 2.88 bits per heavy atom. The van der Waals surface area contributed by atoms with Gasteiger partial charge in [0, 0.05) is 11.9 Å². The molecule has 6 heteroatoms. The van der Waals surface area contributed by atoms with E-state index in [1.54, 1.807) is 24.4 Å². The molecule has 2 aromatic rings. The molecule has 1 heterocycles. The molecule has 0 amide bonds. The number of nitrogen functional groups attached to an aromatic ring is 1. The second kappa shape index (κ2) is 4.54. The van der Waals surface area contributed by atoms with Crippen LogP contribution in [0.15, 0.2) is 36.5 Å². The van der Waals surface area contributed by atoms with Gasteiger partial charge in [-0.05, 0) is 24.3 Å². The Kier molecular flexibility index (Phi) is 2.93. The summed E-state index contributed by atoms with van der Waals surface area (Å²) in [5.74, 6) is 5.69. The van der Waals surface area contributed by atoms with Crippen molar-refractivity contribution in [1.82, 2.24) is 9.97 Å². The number of halogens is 1. The van der Waals surface area contributed by atoms with Gasteiger partial charge in [-0.15, -0.1) is 0 Å². The summed E-state index contributed by atoms with van der Waals surface area (Å²) in [6.45, 7) is 0. The molecule has 0 aliphatic carbocycles. The molecule has 1 aromatic heterocycles. The molecule has 16 heavy (non-hydrogen) atoms. The van der Waals surface area contributed by atoms with E-state index in [0.717, 1.165) is 0 Å². The molecule has 0 unspecified atom stereocenters. The van der Waals surface area contributed by atoms with E-state index in [2.05, 4.69) is 20.7 Å². The number of rotatable bonds is 3. The third kappa shape index (κ3) is 2.43. The topological polar surface area (TPSA) is 75.9 Å². The number of nitrogens with two attached hydrogens (primary N) is 1. The standard InChI is InChI=1S/C10H10FN5/c11-7-2-1-3-8(6-7)14-9-4-5-13-10(15-9)16-12/h1-6H,12H2,(H2,13,14,15,16). The van der Waals surface area contributed by atoms with Crippen LogP contribution in [0.2, 0.25) is 0 Å². The van der Waals surface area contributed by atoms with E-state index in [1.165, 1.54) is 12.1 Å². The summed E-state index contributed by atoms with van der Waals surface area (Å²) in [6, 6.07) is 7.75. The summed E-state index contributed by atoms with van der Waals surface area (Å²) in [6.07, 6.45) is 1.55. The zero-order chi connectivity index (χ0) is 11.4. The highest BCUT2D eigenvalue weighted by Gasteiger charge is 1.99. The van der Waals surface area contributed by atoms with Crippen LogP contribution >= 0.6 is 0 Å². The van der Waals surface area contributed by atoms with Crippen molar-refractivity contribution in [2.24, 2.45) is 5.84 Å². The second-order valence-corrected chi connectivity index (χ2v) is 3.05. The van der Waals surface area contributed by atoms with E-state index in [0.29, 0.717) is 17.5 Å². The first-order valence-electron chi connectivity index (χ1n) is 4.60. The van der Waals surface area contributed by atoms with Gasteiger partial charge in [0.1, 0.15) is 11.6 Å². The lowest BCUT2D eigenvalue weighted by Gasteiger charge is -2.06. The fraction of sp³-hybridized carbons (Fsp3) is 0. The maximum absolute atomic E-state index is 12.9. The van der Waals surface area contributed by atoms with Crippen molar-refractivity contribution in [3.05, 3.63) is 42.3 Å². The maximum atomic E-state index is 12.9. The third-order valence-electron chi connectivity index (χ3n) is 1.88. The van der Waals surface area contributed by atoms with E-state index in [9.17, 15) is 4.39 Å². The first-order valence-corrected chi connectivity index (χ1v) is 4.60. The molecule has 0 fully saturated rings. The normalized spacial score (nSPS) is 9.88. The van der Waals surface area contributed by atoms with Gasteiger partial charge in [-0.2, -0.15) is 4.98 Å². The summed E-state index contributed by atoms with van der Waals surface area (Å²) in [4.78, 5) is 7.89. The van der Waals surface area contributed by atoms with Gasteiger partial charge >= 0.3 is 0 Å². The lowest BCUT2D eigenvalue weighted by Crippen LogP contribution is -2.10. The molecule has 0 atom stereocenters. The van der Waals surface area contributed by atoms with Crippen molar-refractivity contribution in [2.45, 2.75) is 0 Å². The third-order valence-corrected chi connectivity index (χ3v) is 1.88. The molecule has 0 aliphatic heterocycles. The highest BCUT2D eigenvalue weighted by Crippen LogP contribution is 2.15. The molecule has 0 aliphatic rings. The predicted molar refractivity (Wildman–Crippen MR) is 59.5 cm³/mol. The average molecular weight is 219 g/mol. The highest BCUT2D eigenvalue weighted by molar-refractivity contribution is 5.56. The summed E-state index contributed by atoms with van der Waals surface area (Å²) in [5.41, 5.74) is 2.94. The molecular formula is C10H10FN5.